The SMILES string of the molecule is C=C(/N=C1\C(=C/C)N(C)C(=O)C(CC)N1C1CCCC1)Nc1ccc(C(=O)NC2CCN(CC(=O)NC(CC(C)C)C(=O)N=O)CC2)cc1OC. The molecule has 0 radical (unpaired) electrons. The second-order valence-corrected chi connectivity index (χ2v) is 14.0. The highest BCUT2D eigenvalue weighted by Crippen LogP contribution is 2.33. The third-order valence-corrected chi connectivity index (χ3v) is 9.87. The molecule has 1 saturated carbocycles. The predicted octanol–water partition coefficient (Wildman–Crippen LogP) is 4.39. The van der Waals surface area contributed by atoms with E-state index in [-0.39, 0.29) is 48.3 Å². The number of nitroso groups, excluding NO2 is 1. The van der Waals surface area contributed by atoms with Gasteiger partial charge in [0.05, 0.1) is 25.0 Å². The van der Waals surface area contributed by atoms with Crippen LogP contribution in [0.25, 0.3) is 0 Å². The Morgan fingerprint density at radius 3 is 2.39 bits per heavy atom. The number of allylic oxidation sites excluding steroid dienone is 1. The number of hydrogen-bond donors (Lipinski definition) is 3. The molecule has 1 aromatic carbocycles. The fourth-order valence-electron chi connectivity index (χ4n) is 7.26. The lowest BCUT2D eigenvalue weighted by Crippen LogP contribution is -2.60. The summed E-state index contributed by atoms with van der Waals surface area (Å²) in [6.07, 6.45) is 8.49. The number of piperidine rings is 1. The molecule has 1 aliphatic carbocycles. The first kappa shape index (κ1) is 39.2. The van der Waals surface area contributed by atoms with Crippen molar-refractivity contribution in [1.82, 2.24) is 25.3 Å². The Bertz CT molecular complexity index is 1530. The summed E-state index contributed by atoms with van der Waals surface area (Å²) >= 11 is 0. The fraction of sp³-hybridized carbons (Fsp3) is 0.595. The van der Waals surface area contributed by atoms with Crippen LogP contribution in [-0.4, -0.2) is 102 Å². The number of anilines is 1. The zero-order valence-corrected chi connectivity index (χ0v) is 30.9. The van der Waals surface area contributed by atoms with E-state index in [0.29, 0.717) is 61.6 Å². The van der Waals surface area contributed by atoms with Gasteiger partial charge >= 0.3 is 5.91 Å². The molecular weight excluding hydrogens is 652 g/mol. The van der Waals surface area contributed by atoms with E-state index >= 15 is 0 Å². The largest absolute Gasteiger partial charge is 0.495 e. The number of amidine groups is 1. The second-order valence-electron chi connectivity index (χ2n) is 14.0. The summed E-state index contributed by atoms with van der Waals surface area (Å²) in [4.78, 5) is 72.6. The number of carbonyl (C=O) groups is 4. The highest BCUT2D eigenvalue weighted by atomic mass is 16.5. The monoisotopic (exact) mass is 706 g/mol. The molecule has 3 fully saturated rings. The van der Waals surface area contributed by atoms with Gasteiger partial charge in [0.1, 0.15) is 23.7 Å². The molecule has 0 bridgehead atoms. The van der Waals surface area contributed by atoms with Crippen molar-refractivity contribution in [3.8, 4) is 5.75 Å². The molecule has 4 rings (SSSR count). The maximum Gasteiger partial charge on any atom is 0.308 e. The average Bonchev–Trinajstić information content (AvgIpc) is 3.64. The van der Waals surface area contributed by atoms with Crippen LogP contribution in [0.1, 0.15) is 89.4 Å². The standard InChI is InChI=1S/C37H54N8O6/c1-8-30-34(45(27-12-10-11-13-27)31(9-2)37(49)43(30)6)39-24(5)38-28-15-14-25(21-32(28)51-7)35(47)40-26-16-18-44(19-17-26)22-33(46)41-29(20-23(3)4)36(48)42-50/h8,14-15,21,23,26-27,29,31,38H,5,9-13,16-20,22H2,1-4,6-7H3,(H,40,47)(H,41,46)/b30-8+,39-34+. The maximum absolute atomic E-state index is 13.3. The molecule has 2 heterocycles. The molecule has 51 heavy (non-hydrogen) atoms. The van der Waals surface area contributed by atoms with Crippen LogP contribution in [0.5, 0.6) is 5.75 Å². The normalized spacial score (nSPS) is 21.2. The van der Waals surface area contributed by atoms with Crippen molar-refractivity contribution >= 4 is 35.2 Å². The van der Waals surface area contributed by atoms with Crippen LogP contribution in [0, 0.1) is 10.8 Å². The summed E-state index contributed by atoms with van der Waals surface area (Å²) in [5.74, 6) is 0.275. The zero-order chi connectivity index (χ0) is 37.2. The molecule has 2 saturated heterocycles. The Kier molecular flexibility index (Phi) is 13.9. The number of hydrogen-bond acceptors (Lipinski definition) is 9. The number of likely N-dealkylation sites (N-methyl/N-ethyl adjacent to an activating group) is 1. The Labute approximate surface area is 301 Å². The van der Waals surface area contributed by atoms with Crippen LogP contribution < -0.4 is 20.7 Å². The zero-order valence-electron chi connectivity index (χ0n) is 30.9. The van der Waals surface area contributed by atoms with Crippen molar-refractivity contribution in [2.45, 2.75) is 103 Å². The van der Waals surface area contributed by atoms with E-state index in [2.05, 4.69) is 32.6 Å². The number of carbonyl (C=O) groups excluding carboxylic acids is 4. The van der Waals surface area contributed by atoms with Crippen LogP contribution in [0.3, 0.4) is 0 Å². The lowest BCUT2D eigenvalue weighted by molar-refractivity contribution is -0.134. The van der Waals surface area contributed by atoms with E-state index in [4.69, 9.17) is 9.73 Å². The molecule has 3 N–H and O–H groups in total. The van der Waals surface area contributed by atoms with Gasteiger partial charge in [0.25, 0.3) is 5.91 Å². The topological polar surface area (TPSA) is 165 Å². The maximum atomic E-state index is 13.3. The first-order valence-corrected chi connectivity index (χ1v) is 18.1. The van der Waals surface area contributed by atoms with E-state index in [1.807, 2.05) is 38.7 Å². The molecular formula is C37H54N8O6. The van der Waals surface area contributed by atoms with Gasteiger partial charge in [-0.3, -0.25) is 24.1 Å². The minimum absolute atomic E-state index is 0.0674. The molecule has 3 aliphatic rings. The molecule has 278 valence electrons. The van der Waals surface area contributed by atoms with E-state index in [1.54, 1.807) is 30.1 Å². The summed E-state index contributed by atoms with van der Waals surface area (Å²) in [7, 11) is 3.32. The van der Waals surface area contributed by atoms with Gasteiger partial charge in [-0.05, 0) is 69.6 Å². The highest BCUT2D eigenvalue weighted by Gasteiger charge is 2.42. The van der Waals surface area contributed by atoms with Crippen LogP contribution in [-0.2, 0) is 14.4 Å². The van der Waals surface area contributed by atoms with Gasteiger partial charge in [0, 0.05) is 43.0 Å². The highest BCUT2D eigenvalue weighted by molar-refractivity contribution is 6.08. The van der Waals surface area contributed by atoms with Crippen LogP contribution in [0.4, 0.5) is 5.69 Å². The number of aliphatic imine (C=N–C) groups is 1. The third-order valence-electron chi connectivity index (χ3n) is 9.87. The fourth-order valence-corrected chi connectivity index (χ4v) is 7.26. The average molecular weight is 707 g/mol. The summed E-state index contributed by atoms with van der Waals surface area (Å²) in [6.45, 7) is 13.2. The summed E-state index contributed by atoms with van der Waals surface area (Å²) in [6, 6.07) is 4.08. The van der Waals surface area contributed by atoms with Crippen molar-refractivity contribution in [3.63, 3.8) is 0 Å². The third kappa shape index (κ3) is 9.81. The molecule has 2 unspecified atom stereocenters. The molecule has 2 aliphatic heterocycles. The van der Waals surface area contributed by atoms with Gasteiger partial charge < -0.3 is 30.5 Å². The quantitative estimate of drug-likeness (QED) is 0.238. The van der Waals surface area contributed by atoms with Gasteiger partial charge in [-0.25, -0.2) is 4.99 Å². The van der Waals surface area contributed by atoms with E-state index in [9.17, 15) is 24.1 Å². The molecule has 2 atom stereocenters. The molecule has 1 aromatic rings. The number of ether oxygens (including phenoxy) is 1. The Hall–Kier alpha value is -4.59. The smallest absolute Gasteiger partial charge is 0.308 e. The number of likely N-dealkylation sites (tertiary alicyclic amines) is 1. The van der Waals surface area contributed by atoms with Gasteiger partial charge in [0.15, 0.2) is 5.84 Å². The Morgan fingerprint density at radius 2 is 1.80 bits per heavy atom. The molecule has 14 heteroatoms. The number of rotatable bonds is 14. The van der Waals surface area contributed by atoms with Crippen LogP contribution in [0.2, 0.25) is 0 Å². The van der Waals surface area contributed by atoms with Crippen molar-refractivity contribution in [2.75, 3.05) is 39.1 Å². The van der Waals surface area contributed by atoms with E-state index in [1.165, 1.54) is 7.11 Å². The van der Waals surface area contributed by atoms with Crippen molar-refractivity contribution < 1.29 is 23.9 Å². The number of nitrogens with one attached hydrogen (secondary N) is 3. The van der Waals surface area contributed by atoms with E-state index in [0.717, 1.165) is 37.2 Å². The second kappa shape index (κ2) is 18.1. The Morgan fingerprint density at radius 1 is 1.12 bits per heavy atom. The van der Waals surface area contributed by atoms with Crippen molar-refractivity contribution in [3.05, 3.63) is 52.8 Å². The summed E-state index contributed by atoms with van der Waals surface area (Å²) < 4.78 is 5.65. The first-order valence-electron chi connectivity index (χ1n) is 18.1. The van der Waals surface area contributed by atoms with E-state index < -0.39 is 11.9 Å². The number of piperazine rings is 1. The van der Waals surface area contributed by atoms with Crippen LogP contribution >= 0.6 is 0 Å². The molecule has 14 nitrogen and oxygen atoms in total. The minimum Gasteiger partial charge on any atom is -0.495 e. The Balaban J connectivity index is 1.37. The molecule has 4 amide bonds. The van der Waals surface area contributed by atoms with Crippen molar-refractivity contribution in [2.24, 2.45) is 16.1 Å². The minimum atomic E-state index is -0.922. The number of benzene rings is 1. The summed E-state index contributed by atoms with van der Waals surface area (Å²) in [5.41, 5.74) is 1.77. The molecule has 0 aromatic heterocycles. The van der Waals surface area contributed by atoms with Crippen LogP contribution in [0.15, 0.2) is 52.5 Å². The number of methoxy groups -OCH3 is 1. The lowest BCUT2D eigenvalue weighted by atomic mass is 10.0. The van der Waals surface area contributed by atoms with Gasteiger partial charge in [-0.15, -0.1) is 4.91 Å². The summed E-state index contributed by atoms with van der Waals surface area (Å²) in [5, 5.41) is 11.5. The van der Waals surface area contributed by atoms with Gasteiger partial charge in [-0.2, -0.15) is 0 Å². The first-order chi connectivity index (χ1) is 24.4. The van der Waals surface area contributed by atoms with Crippen molar-refractivity contribution in [1.29, 1.82) is 0 Å². The molecule has 0 spiro atoms. The number of amides is 4. The van der Waals surface area contributed by atoms with Gasteiger partial charge in [0.2, 0.25) is 11.8 Å². The number of nitrogens with zero attached hydrogens (tertiary/aromatic N) is 5. The predicted molar refractivity (Wildman–Crippen MR) is 197 cm³/mol. The van der Waals surface area contributed by atoms with Gasteiger partial charge in [-0.1, -0.05) is 46.3 Å². The lowest BCUT2D eigenvalue weighted by Gasteiger charge is -2.45.